The zero-order chi connectivity index (χ0) is 29.6. The molecule has 0 unspecified atom stereocenters. The van der Waals surface area contributed by atoms with Gasteiger partial charge in [-0.3, -0.25) is 0 Å². The topological polar surface area (TPSA) is 78.4 Å². The van der Waals surface area contributed by atoms with E-state index >= 15 is 0 Å². The molecule has 0 amide bonds. The lowest BCUT2D eigenvalue weighted by Gasteiger charge is -2.07. The van der Waals surface area contributed by atoms with Gasteiger partial charge in [-0.2, -0.15) is 8.75 Å². The predicted molar refractivity (Wildman–Crippen MR) is 182 cm³/mol. The van der Waals surface area contributed by atoms with E-state index in [1.165, 1.54) is 30.6 Å². The lowest BCUT2D eigenvalue weighted by atomic mass is 9.99. The van der Waals surface area contributed by atoms with Crippen LogP contribution in [0.15, 0.2) is 47.2 Å². The fourth-order valence-electron chi connectivity index (χ4n) is 5.98. The van der Waals surface area contributed by atoms with E-state index in [-0.39, 0.29) is 11.9 Å². The third-order valence-corrected chi connectivity index (χ3v) is 13.1. The van der Waals surface area contributed by atoms with Crippen LogP contribution in [0.4, 0.5) is 0 Å². The molecule has 0 spiro atoms. The van der Waals surface area contributed by atoms with Gasteiger partial charge in [-0.1, -0.05) is 12.1 Å². The van der Waals surface area contributed by atoms with Crippen molar-refractivity contribution < 1.29 is 19.1 Å². The van der Waals surface area contributed by atoms with E-state index < -0.39 is 0 Å². The molecule has 0 aliphatic rings. The number of esters is 2. The van der Waals surface area contributed by atoms with Crippen LogP contribution in [-0.4, -0.2) is 34.9 Å². The number of ether oxygens (including phenoxy) is 2. The van der Waals surface area contributed by atoms with Gasteiger partial charge in [-0.05, 0) is 70.8 Å². The number of aromatic nitrogens is 2. The maximum absolute atomic E-state index is 12.9. The Morgan fingerprint density at radius 2 is 1.12 bits per heavy atom. The summed E-state index contributed by atoms with van der Waals surface area (Å²) in [6, 6.07) is 12.5. The number of carbonyl (C=O) groups excluding carboxylic acids is 2. The number of rotatable bonds is 4. The molecule has 43 heavy (non-hydrogen) atoms. The summed E-state index contributed by atoms with van der Waals surface area (Å²) in [5, 5.41) is 8.05. The molecule has 0 aliphatic heterocycles. The molecule has 0 saturated heterocycles. The zero-order valence-corrected chi connectivity index (χ0v) is 27.3. The standard InChI is InChI=1S/C32H20N2O4S5/c1-13-15-7-9-39-27(15)30-20(24(13)32(36)38-4)12-22(42-30)17-6-5-16(25-26(17)34-43-33-25)21-11-19-14(2)23(31(35)37-3)18-8-10-40-28(18)29(19)41-21/h5-12H,1-4H3. The predicted octanol–water partition coefficient (Wildman–Crippen LogP) is 10.1. The highest BCUT2D eigenvalue weighted by Gasteiger charge is 2.25. The van der Waals surface area contributed by atoms with Crippen LogP contribution in [-0.2, 0) is 9.47 Å². The molecular weight excluding hydrogens is 637 g/mol. The maximum atomic E-state index is 12.9. The van der Waals surface area contributed by atoms with Crippen molar-refractivity contribution in [2.24, 2.45) is 0 Å². The van der Waals surface area contributed by atoms with Crippen LogP contribution in [0.2, 0.25) is 0 Å². The zero-order valence-electron chi connectivity index (χ0n) is 23.2. The minimum atomic E-state index is -0.328. The van der Waals surface area contributed by atoms with Gasteiger partial charge in [-0.15, -0.1) is 45.3 Å². The normalized spacial score (nSPS) is 11.9. The van der Waals surface area contributed by atoms with Gasteiger partial charge >= 0.3 is 11.9 Å². The van der Waals surface area contributed by atoms with Crippen molar-refractivity contribution in [2.45, 2.75) is 13.8 Å². The third kappa shape index (κ3) is 3.79. The molecule has 0 radical (unpaired) electrons. The Hall–Kier alpha value is -3.74. The highest BCUT2D eigenvalue weighted by molar-refractivity contribution is 7.29. The number of aryl methyl sites for hydroxylation is 2. The van der Waals surface area contributed by atoms with Crippen LogP contribution >= 0.6 is 57.1 Å². The summed E-state index contributed by atoms with van der Waals surface area (Å²) in [5.74, 6) is -0.647. The number of hydrogen-bond donors (Lipinski definition) is 0. The van der Waals surface area contributed by atoms with Crippen LogP contribution in [0.1, 0.15) is 31.8 Å². The third-order valence-electron chi connectivity index (χ3n) is 8.03. The van der Waals surface area contributed by atoms with Crippen LogP contribution < -0.4 is 0 Å². The van der Waals surface area contributed by atoms with Crippen LogP contribution in [0.3, 0.4) is 0 Å². The van der Waals surface area contributed by atoms with Crippen molar-refractivity contribution in [1.82, 2.24) is 8.75 Å². The molecule has 6 nitrogen and oxygen atoms in total. The monoisotopic (exact) mass is 656 g/mol. The fraction of sp³-hybridized carbons (Fsp3) is 0.125. The first kappa shape index (κ1) is 26.9. The smallest absolute Gasteiger partial charge is 0.338 e. The molecule has 5 aromatic heterocycles. The number of methoxy groups -OCH3 is 2. The van der Waals surface area contributed by atoms with E-state index in [1.807, 2.05) is 25.3 Å². The summed E-state index contributed by atoms with van der Waals surface area (Å²) >= 11 is 7.90. The Kier molecular flexibility index (Phi) is 6.18. The summed E-state index contributed by atoms with van der Waals surface area (Å²) in [4.78, 5) is 27.7. The van der Waals surface area contributed by atoms with Crippen LogP contribution in [0, 0.1) is 13.8 Å². The van der Waals surface area contributed by atoms with E-state index in [0.29, 0.717) is 11.1 Å². The Bertz CT molecular complexity index is 2460. The minimum absolute atomic E-state index is 0.320. The minimum Gasteiger partial charge on any atom is -0.465 e. The van der Waals surface area contributed by atoms with Gasteiger partial charge in [0.2, 0.25) is 0 Å². The van der Waals surface area contributed by atoms with Gasteiger partial charge in [0.25, 0.3) is 0 Å². The summed E-state index contributed by atoms with van der Waals surface area (Å²) < 4.78 is 24.3. The largest absolute Gasteiger partial charge is 0.465 e. The molecular formula is C32H20N2O4S5. The SMILES string of the molecule is COC(=O)c1c(C)c2cc(-c3ccc(-c4cc5c(C(=O)OC)c(C)c6ccsc6c5s4)c4nsnc34)sc2c2sccc12. The molecule has 0 aliphatic carbocycles. The van der Waals surface area contributed by atoms with Crippen LogP contribution in [0.5, 0.6) is 0 Å². The van der Waals surface area contributed by atoms with E-state index in [9.17, 15) is 9.59 Å². The molecule has 0 atom stereocenters. The Balaban J connectivity index is 1.33. The second kappa shape index (κ2) is 9.90. The quantitative estimate of drug-likeness (QED) is 0.176. The molecule has 8 aromatic rings. The summed E-state index contributed by atoms with van der Waals surface area (Å²) in [5.41, 5.74) is 6.75. The Labute approximate surface area is 265 Å². The van der Waals surface area contributed by atoms with Gasteiger partial charge in [0.1, 0.15) is 11.0 Å². The van der Waals surface area contributed by atoms with Gasteiger partial charge in [0, 0.05) is 31.7 Å². The molecule has 0 saturated carbocycles. The first-order valence-corrected chi connectivity index (χ1v) is 17.3. The first-order chi connectivity index (χ1) is 20.9. The summed E-state index contributed by atoms with van der Waals surface area (Å²) in [7, 11) is 2.85. The summed E-state index contributed by atoms with van der Waals surface area (Å²) in [6.45, 7) is 3.97. The molecule has 5 heterocycles. The maximum Gasteiger partial charge on any atom is 0.338 e. The van der Waals surface area contributed by atoms with Crippen molar-refractivity contribution in [3.63, 3.8) is 0 Å². The second-order valence-electron chi connectivity index (χ2n) is 10.1. The number of carbonyl (C=O) groups is 2. The van der Waals surface area contributed by atoms with E-state index in [1.54, 1.807) is 45.3 Å². The number of benzene rings is 3. The number of thiophene rings is 4. The average molecular weight is 657 g/mol. The lowest BCUT2D eigenvalue weighted by molar-refractivity contribution is 0.0593. The Morgan fingerprint density at radius 1 is 0.628 bits per heavy atom. The van der Waals surface area contributed by atoms with Crippen molar-refractivity contribution in [2.75, 3.05) is 14.2 Å². The van der Waals surface area contributed by atoms with Crippen molar-refractivity contribution in [1.29, 1.82) is 0 Å². The molecule has 3 aromatic carbocycles. The number of fused-ring (bicyclic) bond motifs is 7. The van der Waals surface area contributed by atoms with Gasteiger partial charge in [0.15, 0.2) is 0 Å². The molecule has 11 heteroatoms. The molecule has 212 valence electrons. The number of hydrogen-bond acceptors (Lipinski definition) is 11. The molecule has 8 rings (SSSR count). The molecule has 0 bridgehead atoms. The van der Waals surface area contributed by atoms with Gasteiger partial charge in [0.05, 0.1) is 55.9 Å². The van der Waals surface area contributed by atoms with Crippen molar-refractivity contribution in [3.8, 4) is 20.9 Å². The van der Waals surface area contributed by atoms with Crippen LogP contribution in [0.25, 0.3) is 72.3 Å². The van der Waals surface area contributed by atoms with E-state index in [0.717, 1.165) is 78.7 Å². The summed E-state index contributed by atoms with van der Waals surface area (Å²) in [6.07, 6.45) is 0. The van der Waals surface area contributed by atoms with Gasteiger partial charge < -0.3 is 9.47 Å². The lowest BCUT2D eigenvalue weighted by Crippen LogP contribution is -2.04. The molecule has 0 fully saturated rings. The number of nitrogens with zero attached hydrogens (tertiary/aromatic N) is 2. The van der Waals surface area contributed by atoms with Crippen molar-refractivity contribution in [3.05, 3.63) is 69.4 Å². The highest BCUT2D eigenvalue weighted by atomic mass is 32.1. The Morgan fingerprint density at radius 3 is 1.72 bits per heavy atom. The molecule has 0 N–H and O–H groups in total. The van der Waals surface area contributed by atoms with E-state index in [2.05, 4.69) is 35.7 Å². The van der Waals surface area contributed by atoms with Crippen molar-refractivity contribution >= 4 is 120 Å². The average Bonchev–Trinajstić information content (AvgIpc) is 3.84. The van der Waals surface area contributed by atoms with Gasteiger partial charge in [-0.25, -0.2) is 9.59 Å². The fourth-order valence-corrected chi connectivity index (χ4v) is 11.2. The first-order valence-electron chi connectivity index (χ1n) is 13.2. The highest BCUT2D eigenvalue weighted by Crippen LogP contribution is 2.48. The second-order valence-corrected chi connectivity index (χ2v) is 14.6. The van der Waals surface area contributed by atoms with E-state index in [4.69, 9.17) is 18.2 Å².